The Hall–Kier alpha value is -0.420. The molecule has 1 aliphatic heterocycles. The van der Waals surface area contributed by atoms with Crippen molar-refractivity contribution in [2.24, 2.45) is 0 Å². The van der Waals surface area contributed by atoms with Crippen LogP contribution in [-0.4, -0.2) is 46.8 Å². The molecule has 88 valence electrons. The zero-order valence-corrected chi connectivity index (χ0v) is 9.09. The Morgan fingerprint density at radius 2 is 2.33 bits per heavy atom. The van der Waals surface area contributed by atoms with Crippen LogP contribution in [0.1, 0.15) is 26.2 Å². The predicted molar refractivity (Wildman–Crippen MR) is 56.4 cm³/mol. The lowest BCUT2D eigenvalue weighted by Crippen LogP contribution is -2.37. The molecule has 1 aliphatic rings. The maximum absolute atomic E-state index is 9.75. The molecule has 0 aliphatic carbocycles. The molecular formula is C11H20O4. The maximum atomic E-state index is 9.75. The number of ether oxygens (including phenoxy) is 1. The molecule has 1 heterocycles. The van der Waals surface area contributed by atoms with E-state index in [1.165, 1.54) is 0 Å². The number of aliphatic hydroxyl groups is 3. The van der Waals surface area contributed by atoms with E-state index in [4.69, 9.17) is 9.84 Å². The fourth-order valence-corrected chi connectivity index (χ4v) is 1.74. The van der Waals surface area contributed by atoms with E-state index in [9.17, 15) is 10.2 Å². The zero-order chi connectivity index (χ0) is 11.3. The predicted octanol–water partition coefficient (Wildman–Crippen LogP) is 0.216. The van der Waals surface area contributed by atoms with E-state index in [0.717, 1.165) is 18.4 Å². The highest BCUT2D eigenvalue weighted by Crippen LogP contribution is 2.20. The molecule has 0 bridgehead atoms. The Morgan fingerprint density at radius 1 is 1.60 bits per heavy atom. The molecule has 15 heavy (non-hydrogen) atoms. The molecule has 3 N–H and O–H groups in total. The second-order valence-electron chi connectivity index (χ2n) is 4.00. The molecule has 3 atom stereocenters. The van der Waals surface area contributed by atoms with Crippen LogP contribution < -0.4 is 0 Å². The van der Waals surface area contributed by atoms with E-state index in [-0.39, 0.29) is 12.7 Å². The fraction of sp³-hybridized carbons (Fsp3) is 0.818. The summed E-state index contributed by atoms with van der Waals surface area (Å²) in [5, 5.41) is 28.0. The van der Waals surface area contributed by atoms with Crippen molar-refractivity contribution in [1.29, 1.82) is 0 Å². The van der Waals surface area contributed by atoms with Crippen molar-refractivity contribution < 1.29 is 20.1 Å². The third kappa shape index (κ3) is 3.91. The minimum absolute atomic E-state index is 0.0724. The lowest BCUT2D eigenvalue weighted by molar-refractivity contribution is -0.0878. The van der Waals surface area contributed by atoms with Gasteiger partial charge in [-0.05, 0) is 25.3 Å². The van der Waals surface area contributed by atoms with Gasteiger partial charge in [-0.3, -0.25) is 0 Å². The lowest BCUT2D eigenvalue weighted by atomic mass is 9.97. The topological polar surface area (TPSA) is 69.9 Å². The molecule has 4 nitrogen and oxygen atoms in total. The van der Waals surface area contributed by atoms with Crippen molar-refractivity contribution >= 4 is 0 Å². The molecule has 0 spiro atoms. The summed E-state index contributed by atoms with van der Waals surface area (Å²) in [6.07, 6.45) is 2.17. The summed E-state index contributed by atoms with van der Waals surface area (Å²) in [7, 11) is 0. The molecule has 1 unspecified atom stereocenters. The zero-order valence-electron chi connectivity index (χ0n) is 9.09. The van der Waals surface area contributed by atoms with Gasteiger partial charge in [-0.2, -0.15) is 0 Å². The highest BCUT2D eigenvalue weighted by molar-refractivity contribution is 5.05. The van der Waals surface area contributed by atoms with Gasteiger partial charge in [0.05, 0.1) is 24.9 Å². The van der Waals surface area contributed by atoms with Crippen LogP contribution in [0.3, 0.4) is 0 Å². The summed E-state index contributed by atoms with van der Waals surface area (Å²) in [4.78, 5) is 0. The smallest absolute Gasteiger partial charge is 0.0861 e. The number of hydrogen-bond donors (Lipinski definition) is 3. The molecule has 1 rings (SSSR count). The molecule has 0 saturated carbocycles. The van der Waals surface area contributed by atoms with Crippen LogP contribution in [0.4, 0.5) is 0 Å². The third-order valence-electron chi connectivity index (χ3n) is 2.80. The maximum Gasteiger partial charge on any atom is 0.0861 e. The second kappa shape index (κ2) is 6.23. The van der Waals surface area contributed by atoms with Gasteiger partial charge in [0.25, 0.3) is 0 Å². The minimum Gasteiger partial charge on any atom is -0.392 e. The van der Waals surface area contributed by atoms with Gasteiger partial charge in [-0.25, -0.2) is 0 Å². The van der Waals surface area contributed by atoms with Crippen LogP contribution in [0.15, 0.2) is 11.6 Å². The van der Waals surface area contributed by atoms with Gasteiger partial charge >= 0.3 is 0 Å². The normalized spacial score (nSPS) is 30.3. The van der Waals surface area contributed by atoms with Gasteiger partial charge in [0.1, 0.15) is 0 Å². The Balaban J connectivity index is 2.42. The van der Waals surface area contributed by atoms with Gasteiger partial charge in [0.15, 0.2) is 0 Å². The number of hydrogen-bond acceptors (Lipinski definition) is 4. The molecule has 0 aromatic carbocycles. The highest BCUT2D eigenvalue weighted by atomic mass is 16.5. The van der Waals surface area contributed by atoms with E-state index in [2.05, 4.69) is 0 Å². The van der Waals surface area contributed by atoms with Crippen molar-refractivity contribution in [3.63, 3.8) is 0 Å². The SMILES string of the molecule is C/C(=C/CO)C(O)C[C@H]1OCCC[C@@H]1O. The van der Waals surface area contributed by atoms with Crippen molar-refractivity contribution in [1.82, 2.24) is 0 Å². The molecule has 1 saturated heterocycles. The molecule has 0 amide bonds. The van der Waals surface area contributed by atoms with E-state index in [1.54, 1.807) is 13.0 Å². The molecule has 0 aromatic rings. The van der Waals surface area contributed by atoms with Crippen molar-refractivity contribution in [2.75, 3.05) is 13.2 Å². The van der Waals surface area contributed by atoms with Crippen molar-refractivity contribution in [3.8, 4) is 0 Å². The minimum atomic E-state index is -0.644. The second-order valence-corrected chi connectivity index (χ2v) is 4.00. The summed E-state index contributed by atoms with van der Waals surface area (Å²) in [6.45, 7) is 2.34. The van der Waals surface area contributed by atoms with E-state index in [1.807, 2.05) is 0 Å². The summed E-state index contributed by atoms with van der Waals surface area (Å²) in [5.41, 5.74) is 0.721. The first-order chi connectivity index (χ1) is 7.15. The Morgan fingerprint density at radius 3 is 2.93 bits per heavy atom. The molecule has 0 radical (unpaired) electrons. The quantitative estimate of drug-likeness (QED) is 0.588. The van der Waals surface area contributed by atoms with Gasteiger partial charge in [0, 0.05) is 13.0 Å². The molecule has 4 heteroatoms. The Labute approximate surface area is 90.2 Å². The summed E-state index contributed by atoms with van der Waals surface area (Å²) >= 11 is 0. The van der Waals surface area contributed by atoms with E-state index >= 15 is 0 Å². The van der Waals surface area contributed by atoms with Crippen molar-refractivity contribution in [2.45, 2.75) is 44.5 Å². The third-order valence-corrected chi connectivity index (χ3v) is 2.80. The average molecular weight is 216 g/mol. The lowest BCUT2D eigenvalue weighted by Gasteiger charge is -2.29. The van der Waals surface area contributed by atoms with Crippen LogP contribution in [0, 0.1) is 0 Å². The van der Waals surface area contributed by atoms with E-state index < -0.39 is 12.2 Å². The van der Waals surface area contributed by atoms with Crippen molar-refractivity contribution in [3.05, 3.63) is 11.6 Å². The van der Waals surface area contributed by atoms with E-state index in [0.29, 0.717) is 13.0 Å². The van der Waals surface area contributed by atoms with Gasteiger partial charge in [0.2, 0.25) is 0 Å². The largest absolute Gasteiger partial charge is 0.392 e. The van der Waals surface area contributed by atoms with Crippen LogP contribution >= 0.6 is 0 Å². The monoisotopic (exact) mass is 216 g/mol. The first kappa shape index (κ1) is 12.6. The highest BCUT2D eigenvalue weighted by Gasteiger charge is 2.26. The Bertz CT molecular complexity index is 215. The first-order valence-corrected chi connectivity index (χ1v) is 5.40. The van der Waals surface area contributed by atoms with Crippen LogP contribution in [0.2, 0.25) is 0 Å². The number of rotatable bonds is 4. The van der Waals surface area contributed by atoms with Gasteiger partial charge in [-0.15, -0.1) is 0 Å². The summed E-state index contributed by atoms with van der Waals surface area (Å²) < 4.78 is 5.39. The average Bonchev–Trinajstić information content (AvgIpc) is 2.21. The van der Waals surface area contributed by atoms with Crippen LogP contribution in [0.5, 0.6) is 0 Å². The molecular weight excluding hydrogens is 196 g/mol. The first-order valence-electron chi connectivity index (χ1n) is 5.40. The number of aliphatic hydroxyl groups excluding tert-OH is 3. The van der Waals surface area contributed by atoms with Crippen LogP contribution in [0.25, 0.3) is 0 Å². The summed E-state index contributed by atoms with van der Waals surface area (Å²) in [5.74, 6) is 0. The van der Waals surface area contributed by atoms with Crippen LogP contribution in [-0.2, 0) is 4.74 Å². The van der Waals surface area contributed by atoms with Gasteiger partial charge in [-0.1, -0.05) is 6.08 Å². The molecule has 0 aromatic heterocycles. The van der Waals surface area contributed by atoms with Gasteiger partial charge < -0.3 is 20.1 Å². The fourth-order valence-electron chi connectivity index (χ4n) is 1.74. The Kier molecular flexibility index (Phi) is 5.25. The molecule has 1 fully saturated rings. The summed E-state index contributed by atoms with van der Waals surface area (Å²) in [6, 6.07) is 0. The standard InChI is InChI=1S/C11H20O4/c1-8(4-5-12)10(14)7-11-9(13)3-2-6-15-11/h4,9-14H,2-3,5-7H2,1H3/b8-4-/t9-,10?,11+/m0/s1.